The van der Waals surface area contributed by atoms with E-state index in [1.54, 1.807) is 0 Å². The Labute approximate surface area is 121 Å². The van der Waals surface area contributed by atoms with Crippen molar-refractivity contribution in [1.29, 1.82) is 5.41 Å². The minimum absolute atomic E-state index is 0.594. The van der Waals surface area contributed by atoms with Crippen LogP contribution in [0.3, 0.4) is 0 Å². The van der Waals surface area contributed by atoms with E-state index in [1.807, 2.05) is 18.2 Å². The average molecular weight is 315 g/mol. The first kappa shape index (κ1) is 12.4. The lowest BCUT2D eigenvalue weighted by Crippen LogP contribution is -2.23. The summed E-state index contributed by atoms with van der Waals surface area (Å²) in [6, 6.07) is 12.4. The van der Waals surface area contributed by atoms with Gasteiger partial charge in [0.1, 0.15) is 5.84 Å². The summed E-state index contributed by atoms with van der Waals surface area (Å²) < 4.78 is 1.15. The fourth-order valence-corrected chi connectivity index (χ4v) is 2.81. The number of nitrogens with one attached hydrogen (secondary N) is 1. The smallest absolute Gasteiger partial charge is 0.133 e. The minimum atomic E-state index is 0.594. The molecule has 0 unspecified atom stereocenters. The van der Waals surface area contributed by atoms with Crippen molar-refractivity contribution < 1.29 is 0 Å². The van der Waals surface area contributed by atoms with Gasteiger partial charge in [-0.2, -0.15) is 0 Å². The molecule has 2 aromatic rings. The van der Waals surface area contributed by atoms with Crippen LogP contribution in [0.15, 0.2) is 40.9 Å². The van der Waals surface area contributed by atoms with Crippen LogP contribution in [-0.4, -0.2) is 5.84 Å². The molecule has 0 amide bonds. The van der Waals surface area contributed by atoms with E-state index in [9.17, 15) is 0 Å². The first-order valence-electron chi connectivity index (χ1n) is 6.29. The van der Waals surface area contributed by atoms with Crippen molar-refractivity contribution in [1.82, 2.24) is 0 Å². The van der Waals surface area contributed by atoms with Gasteiger partial charge in [-0.05, 0) is 42.7 Å². The standard InChI is InChI=1S/C16H15BrN2/c1-10-7-13(8-11(2)15(10)17)19-9-12-5-3-4-6-14(12)16(19)18/h3-8,18H,9H2,1-2H3. The SMILES string of the molecule is Cc1cc(N2Cc3ccccc3C2=N)cc(C)c1Br. The van der Waals surface area contributed by atoms with Gasteiger partial charge in [0.15, 0.2) is 0 Å². The molecule has 0 radical (unpaired) electrons. The lowest BCUT2D eigenvalue weighted by molar-refractivity contribution is 1.04. The molecule has 0 aromatic heterocycles. The van der Waals surface area contributed by atoms with Crippen LogP contribution in [0.25, 0.3) is 0 Å². The van der Waals surface area contributed by atoms with E-state index in [4.69, 9.17) is 5.41 Å². The largest absolute Gasteiger partial charge is 0.322 e. The topological polar surface area (TPSA) is 27.1 Å². The summed E-state index contributed by atoms with van der Waals surface area (Å²) in [5.41, 5.74) is 5.78. The summed E-state index contributed by atoms with van der Waals surface area (Å²) in [4.78, 5) is 2.07. The van der Waals surface area contributed by atoms with Crippen molar-refractivity contribution in [3.63, 3.8) is 0 Å². The van der Waals surface area contributed by atoms with Crippen LogP contribution < -0.4 is 4.90 Å². The van der Waals surface area contributed by atoms with Crippen molar-refractivity contribution in [2.24, 2.45) is 0 Å². The molecular weight excluding hydrogens is 300 g/mol. The number of benzene rings is 2. The Kier molecular flexibility index (Phi) is 2.94. The Bertz CT molecular complexity index is 653. The fourth-order valence-electron chi connectivity index (χ4n) is 2.58. The molecule has 0 spiro atoms. The van der Waals surface area contributed by atoms with Gasteiger partial charge in [0, 0.05) is 15.7 Å². The number of aryl methyl sites for hydroxylation is 2. The normalized spacial score (nSPS) is 13.8. The molecule has 1 aliphatic rings. The van der Waals surface area contributed by atoms with Gasteiger partial charge >= 0.3 is 0 Å². The number of hydrogen-bond acceptors (Lipinski definition) is 1. The Balaban J connectivity index is 2.05. The van der Waals surface area contributed by atoms with Crippen LogP contribution in [0.1, 0.15) is 22.3 Å². The third kappa shape index (κ3) is 1.98. The zero-order valence-electron chi connectivity index (χ0n) is 11.0. The maximum atomic E-state index is 8.33. The van der Waals surface area contributed by atoms with Crippen molar-refractivity contribution >= 4 is 27.5 Å². The van der Waals surface area contributed by atoms with Crippen LogP contribution in [0.5, 0.6) is 0 Å². The van der Waals surface area contributed by atoms with Crippen molar-refractivity contribution in [2.45, 2.75) is 20.4 Å². The third-order valence-corrected chi connectivity index (χ3v) is 4.85. The van der Waals surface area contributed by atoms with E-state index >= 15 is 0 Å². The van der Waals surface area contributed by atoms with Crippen molar-refractivity contribution in [3.8, 4) is 0 Å². The van der Waals surface area contributed by atoms with E-state index in [1.165, 1.54) is 16.7 Å². The molecule has 19 heavy (non-hydrogen) atoms. The van der Waals surface area contributed by atoms with Crippen molar-refractivity contribution in [2.75, 3.05) is 4.90 Å². The van der Waals surface area contributed by atoms with E-state index in [0.717, 1.165) is 22.3 Å². The highest BCUT2D eigenvalue weighted by Crippen LogP contribution is 2.32. The lowest BCUT2D eigenvalue weighted by Gasteiger charge is -2.20. The molecule has 1 N–H and O–H groups in total. The Morgan fingerprint density at radius 2 is 1.74 bits per heavy atom. The third-order valence-electron chi connectivity index (χ3n) is 3.60. The predicted octanol–water partition coefficient (Wildman–Crippen LogP) is 4.41. The second-order valence-electron chi connectivity index (χ2n) is 4.99. The maximum Gasteiger partial charge on any atom is 0.133 e. The molecule has 0 saturated heterocycles. The van der Waals surface area contributed by atoms with Gasteiger partial charge in [-0.15, -0.1) is 0 Å². The monoisotopic (exact) mass is 314 g/mol. The summed E-state index contributed by atoms with van der Waals surface area (Å²) in [6.45, 7) is 4.97. The molecule has 2 nitrogen and oxygen atoms in total. The highest BCUT2D eigenvalue weighted by Gasteiger charge is 2.25. The molecule has 0 fully saturated rings. The zero-order valence-corrected chi connectivity index (χ0v) is 12.6. The van der Waals surface area contributed by atoms with Gasteiger partial charge in [0.25, 0.3) is 0 Å². The Morgan fingerprint density at radius 1 is 1.11 bits per heavy atom. The number of amidine groups is 1. The van der Waals surface area contributed by atoms with E-state index in [0.29, 0.717) is 5.84 Å². The van der Waals surface area contributed by atoms with Crippen LogP contribution in [-0.2, 0) is 6.54 Å². The van der Waals surface area contributed by atoms with Gasteiger partial charge < -0.3 is 4.90 Å². The van der Waals surface area contributed by atoms with E-state index in [-0.39, 0.29) is 0 Å². The number of halogens is 1. The first-order chi connectivity index (χ1) is 9.08. The van der Waals surface area contributed by atoms with E-state index in [2.05, 4.69) is 52.9 Å². The minimum Gasteiger partial charge on any atom is -0.322 e. The summed E-state index contributed by atoms with van der Waals surface area (Å²) in [5.74, 6) is 0.594. The van der Waals surface area contributed by atoms with Gasteiger partial charge in [-0.25, -0.2) is 0 Å². The molecular formula is C16H15BrN2. The van der Waals surface area contributed by atoms with Crippen LogP contribution in [0.2, 0.25) is 0 Å². The number of nitrogens with zero attached hydrogens (tertiary/aromatic N) is 1. The van der Waals surface area contributed by atoms with Crippen molar-refractivity contribution in [3.05, 3.63) is 63.1 Å². The lowest BCUT2D eigenvalue weighted by atomic mass is 10.1. The van der Waals surface area contributed by atoms with Gasteiger partial charge in [0.05, 0.1) is 6.54 Å². The number of hydrogen-bond donors (Lipinski definition) is 1. The molecule has 0 bridgehead atoms. The highest BCUT2D eigenvalue weighted by atomic mass is 79.9. The first-order valence-corrected chi connectivity index (χ1v) is 7.08. The molecule has 2 aromatic carbocycles. The zero-order chi connectivity index (χ0) is 13.6. The fraction of sp³-hybridized carbons (Fsp3) is 0.188. The number of fused-ring (bicyclic) bond motifs is 1. The predicted molar refractivity (Wildman–Crippen MR) is 83.1 cm³/mol. The molecule has 3 heteroatoms. The average Bonchev–Trinajstić information content (AvgIpc) is 2.73. The molecule has 1 aliphatic heterocycles. The maximum absolute atomic E-state index is 8.33. The van der Waals surface area contributed by atoms with Gasteiger partial charge in [-0.3, -0.25) is 5.41 Å². The molecule has 0 aliphatic carbocycles. The Hall–Kier alpha value is -1.61. The molecule has 3 rings (SSSR count). The Morgan fingerprint density at radius 3 is 2.37 bits per heavy atom. The van der Waals surface area contributed by atoms with Gasteiger partial charge in [0.2, 0.25) is 0 Å². The highest BCUT2D eigenvalue weighted by molar-refractivity contribution is 9.10. The van der Waals surface area contributed by atoms with Crippen LogP contribution in [0.4, 0.5) is 5.69 Å². The van der Waals surface area contributed by atoms with Crippen LogP contribution in [0, 0.1) is 19.3 Å². The second kappa shape index (κ2) is 4.49. The quantitative estimate of drug-likeness (QED) is 0.829. The summed E-state index contributed by atoms with van der Waals surface area (Å²) in [6.07, 6.45) is 0. The second-order valence-corrected chi connectivity index (χ2v) is 5.78. The molecule has 96 valence electrons. The van der Waals surface area contributed by atoms with Crippen LogP contribution >= 0.6 is 15.9 Å². The van der Waals surface area contributed by atoms with E-state index < -0.39 is 0 Å². The molecule has 1 heterocycles. The summed E-state index contributed by atoms with van der Waals surface area (Å²) in [7, 11) is 0. The molecule has 0 saturated carbocycles. The molecule has 0 atom stereocenters. The summed E-state index contributed by atoms with van der Waals surface area (Å²) >= 11 is 3.59. The van der Waals surface area contributed by atoms with Gasteiger partial charge in [-0.1, -0.05) is 40.2 Å². The number of anilines is 1. The summed E-state index contributed by atoms with van der Waals surface area (Å²) in [5, 5.41) is 8.33. The number of rotatable bonds is 1.